The van der Waals surface area contributed by atoms with E-state index in [0.29, 0.717) is 13.2 Å². The molecule has 5 nitrogen and oxygen atoms in total. The van der Waals surface area contributed by atoms with Gasteiger partial charge in [-0.15, -0.1) is 0 Å². The van der Waals surface area contributed by atoms with Crippen LogP contribution in [0.4, 0.5) is 0 Å². The third-order valence-electron chi connectivity index (χ3n) is 3.93. The van der Waals surface area contributed by atoms with Gasteiger partial charge in [0, 0.05) is 42.6 Å². The minimum atomic E-state index is -0.166. The average molecular weight is 338 g/mol. The predicted molar refractivity (Wildman–Crippen MR) is 96.5 cm³/mol. The summed E-state index contributed by atoms with van der Waals surface area (Å²) in [4.78, 5) is 16.1. The number of hydrogen-bond acceptors (Lipinski definition) is 4. The van der Waals surface area contributed by atoms with Crippen molar-refractivity contribution in [1.29, 1.82) is 0 Å². The maximum atomic E-state index is 12.1. The van der Waals surface area contributed by atoms with E-state index in [1.807, 2.05) is 38.1 Å². The molecule has 0 aliphatic carbocycles. The van der Waals surface area contributed by atoms with E-state index in [2.05, 4.69) is 10.3 Å². The van der Waals surface area contributed by atoms with Gasteiger partial charge in [0.05, 0.1) is 6.61 Å². The quantitative estimate of drug-likeness (QED) is 0.822. The molecular weight excluding hydrogens is 316 g/mol. The van der Waals surface area contributed by atoms with E-state index in [4.69, 9.17) is 9.47 Å². The fourth-order valence-corrected chi connectivity index (χ4v) is 2.78. The molecule has 0 saturated heterocycles. The number of aromatic nitrogens is 1. The van der Waals surface area contributed by atoms with Crippen LogP contribution < -0.4 is 14.8 Å². The Labute approximate surface area is 147 Å². The first-order chi connectivity index (χ1) is 12.2. The van der Waals surface area contributed by atoms with E-state index in [9.17, 15) is 4.79 Å². The van der Waals surface area contributed by atoms with E-state index < -0.39 is 0 Å². The molecule has 1 N–H and O–H groups in total. The molecule has 0 saturated carbocycles. The van der Waals surface area contributed by atoms with Crippen LogP contribution >= 0.6 is 0 Å². The second-order valence-electron chi connectivity index (χ2n) is 5.98. The van der Waals surface area contributed by atoms with Crippen LogP contribution in [-0.2, 0) is 17.8 Å². The summed E-state index contributed by atoms with van der Waals surface area (Å²) in [6.07, 6.45) is 7.76. The molecule has 1 aromatic heterocycles. The summed E-state index contributed by atoms with van der Waals surface area (Å²) in [5.41, 5.74) is 2.94. The zero-order valence-corrected chi connectivity index (χ0v) is 14.5. The number of fused-ring (bicyclic) bond motifs is 1. The van der Waals surface area contributed by atoms with Gasteiger partial charge in [-0.05, 0) is 43.7 Å². The first-order valence-corrected chi connectivity index (χ1v) is 8.47. The molecule has 0 bridgehead atoms. The fourth-order valence-electron chi connectivity index (χ4n) is 2.78. The molecule has 0 fully saturated rings. The first kappa shape index (κ1) is 17.0. The second kappa shape index (κ2) is 7.83. The molecule has 2 heterocycles. The van der Waals surface area contributed by atoms with E-state index in [-0.39, 0.29) is 12.0 Å². The zero-order chi connectivity index (χ0) is 17.6. The van der Waals surface area contributed by atoms with Crippen molar-refractivity contribution in [3.8, 4) is 11.5 Å². The standard InChI is InChI=1S/C20H22N2O3/c1-3-24-18-11-17-9-14(2)25-19(17)10-16(18)6-7-20(23)22-13-15-5-4-8-21-12-15/h4-8,10-12,14H,3,9,13H2,1-2H3,(H,22,23). The highest BCUT2D eigenvalue weighted by Crippen LogP contribution is 2.35. The third-order valence-corrected chi connectivity index (χ3v) is 3.93. The summed E-state index contributed by atoms with van der Waals surface area (Å²) in [7, 11) is 0. The molecular formula is C20H22N2O3. The number of nitrogens with zero attached hydrogens (tertiary/aromatic N) is 1. The topological polar surface area (TPSA) is 60.5 Å². The van der Waals surface area contributed by atoms with Gasteiger partial charge in [-0.2, -0.15) is 0 Å². The Morgan fingerprint density at radius 2 is 2.36 bits per heavy atom. The smallest absolute Gasteiger partial charge is 0.244 e. The summed E-state index contributed by atoms with van der Waals surface area (Å²) in [6.45, 7) is 5.01. The lowest BCUT2D eigenvalue weighted by Crippen LogP contribution is -2.20. The Bertz CT molecular complexity index is 772. The zero-order valence-electron chi connectivity index (χ0n) is 14.5. The number of hydrogen-bond donors (Lipinski definition) is 1. The molecule has 1 amide bonds. The number of amides is 1. The van der Waals surface area contributed by atoms with Gasteiger partial charge in [-0.3, -0.25) is 9.78 Å². The van der Waals surface area contributed by atoms with Gasteiger partial charge in [0.1, 0.15) is 17.6 Å². The number of benzene rings is 1. The number of ether oxygens (including phenoxy) is 2. The van der Waals surface area contributed by atoms with Gasteiger partial charge in [0.15, 0.2) is 0 Å². The Morgan fingerprint density at radius 1 is 1.48 bits per heavy atom. The highest BCUT2D eigenvalue weighted by molar-refractivity contribution is 5.92. The van der Waals surface area contributed by atoms with Crippen molar-refractivity contribution in [3.05, 3.63) is 59.4 Å². The van der Waals surface area contributed by atoms with Crippen LogP contribution in [0.5, 0.6) is 11.5 Å². The van der Waals surface area contributed by atoms with Crippen LogP contribution in [0, 0.1) is 0 Å². The van der Waals surface area contributed by atoms with Gasteiger partial charge in [-0.25, -0.2) is 0 Å². The lowest BCUT2D eigenvalue weighted by molar-refractivity contribution is -0.116. The highest BCUT2D eigenvalue weighted by atomic mass is 16.5. The van der Waals surface area contributed by atoms with E-state index in [1.54, 1.807) is 18.5 Å². The average Bonchev–Trinajstić information content (AvgIpc) is 2.98. The largest absolute Gasteiger partial charge is 0.493 e. The van der Waals surface area contributed by atoms with Gasteiger partial charge in [0.25, 0.3) is 0 Å². The summed E-state index contributed by atoms with van der Waals surface area (Å²) >= 11 is 0. The number of carbonyl (C=O) groups is 1. The Kier molecular flexibility index (Phi) is 5.33. The lowest BCUT2D eigenvalue weighted by atomic mass is 10.1. The van der Waals surface area contributed by atoms with Crippen LogP contribution in [0.25, 0.3) is 6.08 Å². The van der Waals surface area contributed by atoms with Crippen LogP contribution in [-0.4, -0.2) is 23.6 Å². The molecule has 130 valence electrons. The van der Waals surface area contributed by atoms with Gasteiger partial charge in [0.2, 0.25) is 5.91 Å². The van der Waals surface area contributed by atoms with Gasteiger partial charge >= 0.3 is 0 Å². The lowest BCUT2D eigenvalue weighted by Gasteiger charge is -2.10. The van der Waals surface area contributed by atoms with Crippen LogP contribution in [0.1, 0.15) is 30.5 Å². The maximum absolute atomic E-state index is 12.1. The molecule has 0 radical (unpaired) electrons. The third kappa shape index (κ3) is 4.38. The number of rotatable bonds is 6. The maximum Gasteiger partial charge on any atom is 0.244 e. The molecule has 5 heteroatoms. The minimum absolute atomic E-state index is 0.166. The van der Waals surface area contributed by atoms with Crippen molar-refractivity contribution in [2.24, 2.45) is 0 Å². The molecule has 25 heavy (non-hydrogen) atoms. The van der Waals surface area contributed by atoms with Crippen molar-refractivity contribution < 1.29 is 14.3 Å². The minimum Gasteiger partial charge on any atom is -0.493 e. The van der Waals surface area contributed by atoms with E-state index in [1.165, 1.54) is 6.08 Å². The molecule has 2 aromatic rings. The molecule has 3 rings (SSSR count). The SMILES string of the molecule is CCOc1cc2c(cc1C=CC(=O)NCc1cccnc1)OC(C)C2. The summed E-state index contributed by atoms with van der Waals surface area (Å²) in [5.74, 6) is 1.47. The Hall–Kier alpha value is -2.82. The van der Waals surface area contributed by atoms with Gasteiger partial charge in [-0.1, -0.05) is 6.07 Å². The molecule has 1 aromatic carbocycles. The van der Waals surface area contributed by atoms with Crippen LogP contribution in [0.3, 0.4) is 0 Å². The molecule has 1 aliphatic heterocycles. The van der Waals surface area contributed by atoms with E-state index >= 15 is 0 Å². The van der Waals surface area contributed by atoms with Crippen molar-refractivity contribution >= 4 is 12.0 Å². The number of pyridine rings is 1. The Morgan fingerprint density at radius 3 is 3.12 bits per heavy atom. The predicted octanol–water partition coefficient (Wildman–Crippen LogP) is 3.13. The molecule has 1 aliphatic rings. The van der Waals surface area contributed by atoms with Crippen molar-refractivity contribution in [3.63, 3.8) is 0 Å². The molecule has 1 unspecified atom stereocenters. The van der Waals surface area contributed by atoms with Crippen molar-refractivity contribution in [2.45, 2.75) is 32.9 Å². The van der Waals surface area contributed by atoms with Gasteiger partial charge < -0.3 is 14.8 Å². The summed E-state index contributed by atoms with van der Waals surface area (Å²) in [6, 6.07) is 7.71. The fraction of sp³-hybridized carbons (Fsp3) is 0.300. The first-order valence-electron chi connectivity index (χ1n) is 8.47. The van der Waals surface area contributed by atoms with E-state index in [0.717, 1.165) is 34.6 Å². The van der Waals surface area contributed by atoms with Crippen molar-refractivity contribution in [1.82, 2.24) is 10.3 Å². The summed E-state index contributed by atoms with van der Waals surface area (Å²) in [5, 5.41) is 2.84. The number of carbonyl (C=O) groups excluding carboxylic acids is 1. The van der Waals surface area contributed by atoms with Crippen LogP contribution in [0.15, 0.2) is 42.7 Å². The monoisotopic (exact) mass is 338 g/mol. The number of nitrogens with one attached hydrogen (secondary N) is 1. The highest BCUT2D eigenvalue weighted by Gasteiger charge is 2.21. The second-order valence-corrected chi connectivity index (χ2v) is 5.98. The molecule has 1 atom stereocenters. The summed E-state index contributed by atoms with van der Waals surface area (Å²) < 4.78 is 11.5. The normalized spacial score (nSPS) is 15.7. The van der Waals surface area contributed by atoms with Crippen molar-refractivity contribution in [2.75, 3.05) is 6.61 Å². The van der Waals surface area contributed by atoms with Crippen LogP contribution in [0.2, 0.25) is 0 Å². The Balaban J connectivity index is 1.69. The molecule has 0 spiro atoms.